The van der Waals surface area contributed by atoms with Gasteiger partial charge < -0.3 is 10.4 Å². The van der Waals surface area contributed by atoms with E-state index >= 15 is 0 Å². The Morgan fingerprint density at radius 1 is 1.32 bits per heavy atom. The minimum Gasteiger partial charge on any atom is -0.481 e. The number of carboxylic acids is 1. The predicted octanol–water partition coefficient (Wildman–Crippen LogP) is 3.69. The molecule has 0 spiro atoms. The van der Waals surface area contributed by atoms with Gasteiger partial charge in [0.1, 0.15) is 0 Å². The van der Waals surface area contributed by atoms with E-state index in [1.165, 1.54) is 0 Å². The molecule has 0 aliphatic heterocycles. The van der Waals surface area contributed by atoms with E-state index in [9.17, 15) is 14.7 Å². The summed E-state index contributed by atoms with van der Waals surface area (Å²) in [4.78, 5) is 23.7. The van der Waals surface area contributed by atoms with Crippen LogP contribution in [0, 0.1) is 5.92 Å². The lowest BCUT2D eigenvalue weighted by molar-refractivity contribution is -0.146. The third-order valence-corrected chi connectivity index (χ3v) is 5.02. The first kappa shape index (κ1) is 17.1. The van der Waals surface area contributed by atoms with E-state index in [4.69, 9.17) is 23.2 Å². The van der Waals surface area contributed by atoms with Crippen LogP contribution in [-0.2, 0) is 16.0 Å². The van der Waals surface area contributed by atoms with Gasteiger partial charge in [0.05, 0.1) is 27.9 Å². The van der Waals surface area contributed by atoms with Crippen molar-refractivity contribution in [2.75, 3.05) is 0 Å². The monoisotopic (exact) mass is 343 g/mol. The highest BCUT2D eigenvalue weighted by Crippen LogP contribution is 2.34. The topological polar surface area (TPSA) is 66.4 Å². The van der Waals surface area contributed by atoms with Crippen LogP contribution in [0.5, 0.6) is 0 Å². The summed E-state index contributed by atoms with van der Waals surface area (Å²) in [5.74, 6) is -1.59. The van der Waals surface area contributed by atoms with Gasteiger partial charge in [-0.05, 0) is 37.5 Å². The van der Waals surface area contributed by atoms with Crippen LogP contribution in [0.15, 0.2) is 18.2 Å². The first-order chi connectivity index (χ1) is 10.3. The Morgan fingerprint density at radius 2 is 2.05 bits per heavy atom. The van der Waals surface area contributed by atoms with E-state index in [0.29, 0.717) is 22.9 Å². The Labute approximate surface area is 139 Å². The Bertz CT molecular complexity index is 591. The zero-order valence-electron chi connectivity index (χ0n) is 12.4. The molecule has 0 heterocycles. The number of halogens is 2. The summed E-state index contributed by atoms with van der Waals surface area (Å²) in [6, 6.07) is 5.04. The summed E-state index contributed by atoms with van der Waals surface area (Å²) in [7, 11) is 0. The number of carbonyl (C=O) groups is 2. The molecule has 2 N–H and O–H groups in total. The number of hydrogen-bond donors (Lipinski definition) is 2. The minimum atomic E-state index is -0.850. The molecule has 1 fully saturated rings. The highest BCUT2D eigenvalue weighted by molar-refractivity contribution is 6.42. The summed E-state index contributed by atoms with van der Waals surface area (Å²) in [5, 5.41) is 13.1. The summed E-state index contributed by atoms with van der Waals surface area (Å²) < 4.78 is 0. The van der Waals surface area contributed by atoms with Crippen molar-refractivity contribution in [3.05, 3.63) is 33.8 Å². The van der Waals surface area contributed by atoms with Crippen molar-refractivity contribution in [3.8, 4) is 0 Å². The van der Waals surface area contributed by atoms with Gasteiger partial charge in [0.15, 0.2) is 0 Å². The van der Waals surface area contributed by atoms with Crippen molar-refractivity contribution in [1.82, 2.24) is 5.32 Å². The van der Waals surface area contributed by atoms with E-state index in [1.807, 2.05) is 6.92 Å². The number of rotatable bonds is 4. The maximum Gasteiger partial charge on any atom is 0.308 e. The molecule has 0 saturated heterocycles. The quantitative estimate of drug-likeness (QED) is 0.876. The lowest BCUT2D eigenvalue weighted by Crippen LogP contribution is -2.55. The molecule has 1 aromatic carbocycles. The number of carboxylic acid groups (broad SMARTS) is 1. The standard InChI is InChI=1S/C16H19Cl2NO3/c1-16(7-3-2-4-11(16)15(21)22)19-14(20)9-10-5-6-12(17)13(18)8-10/h5-6,8,11H,2-4,7,9H2,1H3,(H,19,20)(H,21,22). The van der Waals surface area contributed by atoms with Crippen LogP contribution in [0.1, 0.15) is 38.2 Å². The Morgan fingerprint density at radius 3 is 2.68 bits per heavy atom. The van der Waals surface area contributed by atoms with Crippen LogP contribution >= 0.6 is 23.2 Å². The molecule has 2 rings (SSSR count). The smallest absolute Gasteiger partial charge is 0.308 e. The number of aliphatic carboxylic acids is 1. The van der Waals surface area contributed by atoms with Gasteiger partial charge in [-0.3, -0.25) is 9.59 Å². The first-order valence-electron chi connectivity index (χ1n) is 7.29. The van der Waals surface area contributed by atoms with Gasteiger partial charge in [-0.25, -0.2) is 0 Å². The minimum absolute atomic E-state index is 0.152. The molecule has 6 heteroatoms. The molecule has 4 nitrogen and oxygen atoms in total. The average molecular weight is 344 g/mol. The fraction of sp³-hybridized carbons (Fsp3) is 0.500. The molecule has 2 atom stereocenters. The second-order valence-electron chi connectivity index (χ2n) is 6.03. The van der Waals surface area contributed by atoms with Crippen LogP contribution in [0.25, 0.3) is 0 Å². The second kappa shape index (κ2) is 6.88. The maximum absolute atomic E-state index is 12.3. The number of amides is 1. The van der Waals surface area contributed by atoms with Crippen LogP contribution in [0.3, 0.4) is 0 Å². The zero-order chi connectivity index (χ0) is 16.3. The lowest BCUT2D eigenvalue weighted by atomic mass is 9.74. The fourth-order valence-electron chi connectivity index (χ4n) is 3.08. The fourth-order valence-corrected chi connectivity index (χ4v) is 3.40. The third kappa shape index (κ3) is 3.93. The van der Waals surface area contributed by atoms with Crippen molar-refractivity contribution >= 4 is 35.1 Å². The summed E-state index contributed by atoms with van der Waals surface area (Å²) in [6.07, 6.45) is 3.23. The van der Waals surface area contributed by atoms with Gasteiger partial charge in [0, 0.05) is 0 Å². The largest absolute Gasteiger partial charge is 0.481 e. The van der Waals surface area contributed by atoms with Gasteiger partial charge in [-0.1, -0.05) is 42.1 Å². The normalized spacial score (nSPS) is 24.8. The van der Waals surface area contributed by atoms with Crippen molar-refractivity contribution in [1.29, 1.82) is 0 Å². The number of benzene rings is 1. The van der Waals surface area contributed by atoms with Crippen LogP contribution in [0.2, 0.25) is 10.0 Å². The number of carbonyl (C=O) groups excluding carboxylic acids is 1. The van der Waals surface area contributed by atoms with E-state index in [-0.39, 0.29) is 12.3 Å². The van der Waals surface area contributed by atoms with Gasteiger partial charge in [-0.2, -0.15) is 0 Å². The molecule has 0 radical (unpaired) electrons. The maximum atomic E-state index is 12.3. The van der Waals surface area contributed by atoms with Crippen LogP contribution in [0.4, 0.5) is 0 Å². The zero-order valence-corrected chi connectivity index (χ0v) is 13.9. The van der Waals surface area contributed by atoms with Gasteiger partial charge in [0.2, 0.25) is 5.91 Å². The van der Waals surface area contributed by atoms with Crippen LogP contribution < -0.4 is 5.32 Å². The van der Waals surface area contributed by atoms with Gasteiger partial charge >= 0.3 is 5.97 Å². The molecule has 1 aromatic rings. The van der Waals surface area contributed by atoms with Crippen molar-refractivity contribution in [3.63, 3.8) is 0 Å². The van der Waals surface area contributed by atoms with Crippen molar-refractivity contribution in [2.45, 2.75) is 44.6 Å². The highest BCUT2D eigenvalue weighted by Gasteiger charge is 2.42. The molecule has 2 unspecified atom stereocenters. The first-order valence-corrected chi connectivity index (χ1v) is 8.05. The average Bonchev–Trinajstić information content (AvgIpc) is 2.42. The van der Waals surface area contributed by atoms with E-state index in [2.05, 4.69) is 5.32 Å². The highest BCUT2D eigenvalue weighted by atomic mass is 35.5. The molecule has 22 heavy (non-hydrogen) atoms. The summed E-state index contributed by atoms with van der Waals surface area (Å²) >= 11 is 11.8. The second-order valence-corrected chi connectivity index (χ2v) is 6.84. The number of hydrogen-bond acceptors (Lipinski definition) is 2. The molecule has 1 aliphatic rings. The van der Waals surface area contributed by atoms with E-state index in [0.717, 1.165) is 18.4 Å². The molecular weight excluding hydrogens is 325 g/mol. The molecule has 120 valence electrons. The van der Waals surface area contributed by atoms with Gasteiger partial charge in [0.25, 0.3) is 0 Å². The predicted molar refractivity (Wildman–Crippen MR) is 86.3 cm³/mol. The van der Waals surface area contributed by atoms with Gasteiger partial charge in [-0.15, -0.1) is 0 Å². The van der Waals surface area contributed by atoms with E-state index < -0.39 is 17.4 Å². The molecular formula is C16H19Cl2NO3. The summed E-state index contributed by atoms with van der Waals surface area (Å²) in [6.45, 7) is 1.82. The Balaban J connectivity index is 2.06. The molecule has 1 saturated carbocycles. The van der Waals surface area contributed by atoms with E-state index in [1.54, 1.807) is 18.2 Å². The Hall–Kier alpha value is -1.26. The summed E-state index contributed by atoms with van der Waals surface area (Å²) in [5.41, 5.74) is 0.0513. The third-order valence-electron chi connectivity index (χ3n) is 4.28. The lowest BCUT2D eigenvalue weighted by Gasteiger charge is -2.39. The van der Waals surface area contributed by atoms with Crippen molar-refractivity contribution in [2.24, 2.45) is 5.92 Å². The molecule has 1 aliphatic carbocycles. The van der Waals surface area contributed by atoms with Crippen molar-refractivity contribution < 1.29 is 14.7 Å². The molecule has 1 amide bonds. The number of nitrogens with one attached hydrogen (secondary N) is 1. The molecule has 0 aromatic heterocycles. The van der Waals surface area contributed by atoms with Crippen LogP contribution in [-0.4, -0.2) is 22.5 Å². The Kier molecular flexibility index (Phi) is 5.35. The SMILES string of the molecule is CC1(NC(=O)Cc2ccc(Cl)c(Cl)c2)CCCCC1C(=O)O. The molecule has 0 bridgehead atoms.